The summed E-state index contributed by atoms with van der Waals surface area (Å²) in [7, 11) is 0. The Hall–Kier alpha value is -3.00. The molecule has 0 spiro atoms. The number of carbonyl (C=O) groups excluding carboxylic acids is 1. The molecule has 162 valence electrons. The van der Waals surface area contributed by atoms with Gasteiger partial charge >= 0.3 is 0 Å². The van der Waals surface area contributed by atoms with Gasteiger partial charge in [-0.2, -0.15) is 5.10 Å². The third kappa shape index (κ3) is 3.65. The Bertz CT molecular complexity index is 1120. The standard InChI is InChI=1S/C23H29N7O/c1-15-6-8-25-12-18(15)23(31)29-9-4-3-5-20(29)19-11-21-26-22(16(2)13-30(21)27-19)28-10-7-17(24)14-28/h6,8,11-13,17,20H,3-5,7,9-10,14,24H2,1-2H3/t17-,20+/m0/s1. The molecule has 3 aromatic rings. The highest BCUT2D eigenvalue weighted by Gasteiger charge is 2.31. The number of nitrogens with two attached hydrogens (primary N) is 1. The molecular weight excluding hydrogens is 390 g/mol. The van der Waals surface area contributed by atoms with Crippen LogP contribution in [0.3, 0.4) is 0 Å². The van der Waals surface area contributed by atoms with Crippen molar-refractivity contribution in [2.45, 2.75) is 51.6 Å². The minimum Gasteiger partial charge on any atom is -0.355 e. The first kappa shape index (κ1) is 19.9. The quantitative estimate of drug-likeness (QED) is 0.702. The molecule has 5 heterocycles. The van der Waals surface area contributed by atoms with Crippen molar-refractivity contribution in [1.82, 2.24) is 24.5 Å². The second kappa shape index (κ2) is 7.92. The lowest BCUT2D eigenvalue weighted by molar-refractivity contribution is 0.0604. The minimum absolute atomic E-state index is 0.0308. The van der Waals surface area contributed by atoms with Crippen LogP contribution in [0.5, 0.6) is 0 Å². The average molecular weight is 420 g/mol. The molecule has 2 saturated heterocycles. The second-order valence-electron chi connectivity index (χ2n) is 8.81. The van der Waals surface area contributed by atoms with E-state index in [0.29, 0.717) is 5.56 Å². The van der Waals surface area contributed by atoms with E-state index in [1.54, 1.807) is 12.4 Å². The summed E-state index contributed by atoms with van der Waals surface area (Å²) >= 11 is 0. The first-order valence-corrected chi connectivity index (χ1v) is 11.1. The summed E-state index contributed by atoms with van der Waals surface area (Å²) in [5, 5.41) is 4.83. The summed E-state index contributed by atoms with van der Waals surface area (Å²) in [5.41, 5.74) is 10.5. The Morgan fingerprint density at radius 1 is 1.16 bits per heavy atom. The van der Waals surface area contributed by atoms with Crippen molar-refractivity contribution in [3.8, 4) is 0 Å². The van der Waals surface area contributed by atoms with Crippen molar-refractivity contribution in [2.24, 2.45) is 5.73 Å². The highest BCUT2D eigenvalue weighted by Crippen LogP contribution is 2.33. The van der Waals surface area contributed by atoms with Gasteiger partial charge in [-0.3, -0.25) is 9.78 Å². The number of amides is 1. The highest BCUT2D eigenvalue weighted by molar-refractivity contribution is 5.95. The van der Waals surface area contributed by atoms with Gasteiger partial charge in [-0.05, 0) is 51.2 Å². The van der Waals surface area contributed by atoms with Gasteiger partial charge in [-0.25, -0.2) is 9.50 Å². The number of hydrogen-bond acceptors (Lipinski definition) is 6. The molecule has 2 fully saturated rings. The molecule has 8 nitrogen and oxygen atoms in total. The molecule has 3 aromatic heterocycles. The molecule has 0 unspecified atom stereocenters. The zero-order valence-electron chi connectivity index (χ0n) is 18.2. The number of aromatic nitrogens is 4. The number of nitrogens with zero attached hydrogens (tertiary/aromatic N) is 6. The van der Waals surface area contributed by atoms with E-state index in [9.17, 15) is 4.79 Å². The molecule has 2 atom stereocenters. The summed E-state index contributed by atoms with van der Waals surface area (Å²) in [5.74, 6) is 1.01. The lowest BCUT2D eigenvalue weighted by Gasteiger charge is -2.35. The third-order valence-corrected chi connectivity index (χ3v) is 6.52. The molecular formula is C23H29N7O. The maximum Gasteiger partial charge on any atom is 0.256 e. The summed E-state index contributed by atoms with van der Waals surface area (Å²) in [6.45, 7) is 6.52. The molecule has 31 heavy (non-hydrogen) atoms. The van der Waals surface area contributed by atoms with Crippen LogP contribution in [-0.4, -0.2) is 56.1 Å². The molecule has 0 aliphatic carbocycles. The van der Waals surface area contributed by atoms with Gasteiger partial charge in [-0.1, -0.05) is 0 Å². The first-order valence-electron chi connectivity index (χ1n) is 11.1. The summed E-state index contributed by atoms with van der Waals surface area (Å²) in [6, 6.07) is 4.07. The van der Waals surface area contributed by atoms with Gasteiger partial charge in [0, 0.05) is 55.9 Å². The monoisotopic (exact) mass is 419 g/mol. The Balaban J connectivity index is 1.48. The topological polar surface area (TPSA) is 92.7 Å². The van der Waals surface area contributed by atoms with Crippen molar-refractivity contribution in [2.75, 3.05) is 24.5 Å². The lowest BCUT2D eigenvalue weighted by Crippen LogP contribution is -2.39. The van der Waals surface area contributed by atoms with E-state index in [2.05, 4.69) is 16.8 Å². The van der Waals surface area contributed by atoms with Crippen molar-refractivity contribution in [3.63, 3.8) is 0 Å². The van der Waals surface area contributed by atoms with Crippen LogP contribution < -0.4 is 10.6 Å². The van der Waals surface area contributed by atoms with Crippen LogP contribution in [0.4, 0.5) is 5.82 Å². The van der Waals surface area contributed by atoms with Crippen LogP contribution in [-0.2, 0) is 0 Å². The van der Waals surface area contributed by atoms with Gasteiger partial charge in [0.15, 0.2) is 5.65 Å². The van der Waals surface area contributed by atoms with Crippen LogP contribution in [0.1, 0.15) is 58.9 Å². The predicted octanol–water partition coefficient (Wildman–Crippen LogP) is 2.65. The Labute approximate surface area is 182 Å². The number of hydrogen-bond donors (Lipinski definition) is 1. The van der Waals surface area contributed by atoms with Gasteiger partial charge < -0.3 is 15.5 Å². The number of pyridine rings is 1. The van der Waals surface area contributed by atoms with Crippen molar-refractivity contribution in [3.05, 3.63) is 53.1 Å². The molecule has 2 aliphatic rings. The van der Waals surface area contributed by atoms with E-state index >= 15 is 0 Å². The Kier molecular flexibility index (Phi) is 5.09. The molecule has 5 rings (SSSR count). The number of aryl methyl sites for hydroxylation is 2. The molecule has 8 heteroatoms. The molecule has 0 aromatic carbocycles. The number of piperidine rings is 1. The number of likely N-dealkylation sites (tertiary alicyclic amines) is 1. The summed E-state index contributed by atoms with van der Waals surface area (Å²) in [6.07, 6.45) is 9.41. The first-order chi connectivity index (χ1) is 15.0. The third-order valence-electron chi connectivity index (χ3n) is 6.52. The van der Waals surface area contributed by atoms with Crippen molar-refractivity contribution in [1.29, 1.82) is 0 Å². The normalized spacial score (nSPS) is 21.8. The number of carbonyl (C=O) groups is 1. The zero-order valence-corrected chi connectivity index (χ0v) is 18.2. The fourth-order valence-electron chi connectivity index (χ4n) is 4.81. The number of fused-ring (bicyclic) bond motifs is 1. The van der Waals surface area contributed by atoms with E-state index in [0.717, 1.165) is 73.6 Å². The van der Waals surface area contributed by atoms with Gasteiger partial charge in [-0.15, -0.1) is 0 Å². The number of rotatable bonds is 3. The van der Waals surface area contributed by atoms with Crippen LogP contribution in [0.2, 0.25) is 0 Å². The fraction of sp³-hybridized carbons (Fsp3) is 0.478. The van der Waals surface area contributed by atoms with Crippen molar-refractivity contribution >= 4 is 17.4 Å². The fourth-order valence-corrected chi connectivity index (χ4v) is 4.81. The van der Waals surface area contributed by atoms with Crippen LogP contribution in [0, 0.1) is 13.8 Å². The molecule has 0 radical (unpaired) electrons. The maximum atomic E-state index is 13.3. The van der Waals surface area contributed by atoms with E-state index in [4.69, 9.17) is 15.8 Å². The SMILES string of the molecule is Cc1ccncc1C(=O)N1CCCC[C@@H]1c1cc2nc(N3CC[C@H](N)C3)c(C)cn2n1. The van der Waals surface area contributed by atoms with E-state index in [1.807, 2.05) is 34.7 Å². The van der Waals surface area contributed by atoms with Gasteiger partial charge in [0.25, 0.3) is 5.91 Å². The van der Waals surface area contributed by atoms with Crippen molar-refractivity contribution < 1.29 is 4.79 Å². The Morgan fingerprint density at radius 3 is 2.81 bits per heavy atom. The highest BCUT2D eigenvalue weighted by atomic mass is 16.2. The smallest absolute Gasteiger partial charge is 0.256 e. The number of anilines is 1. The predicted molar refractivity (Wildman–Crippen MR) is 119 cm³/mol. The van der Waals surface area contributed by atoms with Crippen LogP contribution in [0.25, 0.3) is 5.65 Å². The van der Waals surface area contributed by atoms with Gasteiger partial charge in [0.1, 0.15) is 5.82 Å². The van der Waals surface area contributed by atoms with Crippen LogP contribution in [0.15, 0.2) is 30.7 Å². The summed E-state index contributed by atoms with van der Waals surface area (Å²) < 4.78 is 1.84. The molecule has 0 saturated carbocycles. The minimum atomic E-state index is -0.0495. The zero-order chi connectivity index (χ0) is 21.5. The maximum absolute atomic E-state index is 13.3. The molecule has 0 bridgehead atoms. The van der Waals surface area contributed by atoms with E-state index in [1.165, 1.54) is 0 Å². The average Bonchev–Trinajstić information content (AvgIpc) is 3.38. The molecule has 1 amide bonds. The lowest BCUT2D eigenvalue weighted by atomic mass is 9.98. The second-order valence-corrected chi connectivity index (χ2v) is 8.81. The van der Waals surface area contributed by atoms with Crippen LogP contribution >= 0.6 is 0 Å². The van der Waals surface area contributed by atoms with Gasteiger partial charge in [0.05, 0.1) is 17.3 Å². The van der Waals surface area contributed by atoms with E-state index in [-0.39, 0.29) is 18.0 Å². The van der Waals surface area contributed by atoms with Gasteiger partial charge in [0.2, 0.25) is 0 Å². The summed E-state index contributed by atoms with van der Waals surface area (Å²) in [4.78, 5) is 26.6. The molecule has 2 aliphatic heterocycles. The largest absolute Gasteiger partial charge is 0.355 e. The van der Waals surface area contributed by atoms with E-state index < -0.39 is 0 Å². The molecule has 2 N–H and O–H groups in total. The Morgan fingerprint density at radius 2 is 2.03 bits per heavy atom.